The summed E-state index contributed by atoms with van der Waals surface area (Å²) in [5.74, 6) is 1.24. The van der Waals surface area contributed by atoms with Crippen LogP contribution in [0.1, 0.15) is 78.6 Å². The van der Waals surface area contributed by atoms with E-state index in [1.807, 2.05) is 18.2 Å². The molecule has 3 aromatic rings. The number of pyridine rings is 1. The Balaban J connectivity index is 0.00000112. The molecule has 39 heavy (non-hydrogen) atoms. The second-order valence-corrected chi connectivity index (χ2v) is 9.95. The van der Waals surface area contributed by atoms with Crippen molar-refractivity contribution in [3.05, 3.63) is 82.2 Å². The highest BCUT2D eigenvalue weighted by Crippen LogP contribution is 2.50. The number of methoxy groups -OCH3 is 1. The van der Waals surface area contributed by atoms with Crippen LogP contribution in [0.25, 0.3) is 0 Å². The van der Waals surface area contributed by atoms with Gasteiger partial charge in [-0.3, -0.25) is 14.6 Å². The number of carbonyl (C=O) groups is 2. The molecule has 2 heterocycles. The fourth-order valence-corrected chi connectivity index (χ4v) is 5.44. The summed E-state index contributed by atoms with van der Waals surface area (Å²) in [4.78, 5) is 25.3. The van der Waals surface area contributed by atoms with E-state index in [1.54, 1.807) is 14.0 Å². The normalized spacial score (nSPS) is 17.5. The number of aliphatic carboxylic acids is 1. The Kier molecular flexibility index (Phi) is 9.07. The van der Waals surface area contributed by atoms with Crippen molar-refractivity contribution in [1.29, 1.82) is 0 Å². The lowest BCUT2D eigenvalue weighted by Gasteiger charge is -2.19. The van der Waals surface area contributed by atoms with E-state index in [2.05, 4.69) is 37.3 Å². The number of nitrogens with zero attached hydrogens (tertiary/aromatic N) is 1. The molecule has 0 radical (unpaired) electrons. The first-order valence-electron chi connectivity index (χ1n) is 13.3. The van der Waals surface area contributed by atoms with E-state index in [9.17, 15) is 9.90 Å². The van der Waals surface area contributed by atoms with Gasteiger partial charge in [-0.05, 0) is 78.3 Å². The van der Waals surface area contributed by atoms with Crippen LogP contribution in [0.2, 0.25) is 0 Å². The first-order valence-corrected chi connectivity index (χ1v) is 13.3. The number of rotatable bonds is 9. The van der Waals surface area contributed by atoms with Gasteiger partial charge in [-0.1, -0.05) is 38.5 Å². The third-order valence-corrected chi connectivity index (χ3v) is 7.45. The summed E-state index contributed by atoms with van der Waals surface area (Å²) in [6.07, 6.45) is 4.48. The molecule has 2 aromatic carbocycles. The lowest BCUT2D eigenvalue weighted by atomic mass is 9.86. The number of ether oxygens (including phenoxy) is 3. The number of carboxylic acids is 1. The number of aryl methyl sites for hydroxylation is 1. The van der Waals surface area contributed by atoms with Gasteiger partial charge in [-0.15, -0.1) is 0 Å². The number of fused-ring (bicyclic) bond motifs is 2. The number of hydrogen-bond donors (Lipinski definition) is 2. The third-order valence-electron chi connectivity index (χ3n) is 7.45. The van der Waals surface area contributed by atoms with E-state index < -0.39 is 11.9 Å². The molecule has 1 unspecified atom stereocenters. The Labute approximate surface area is 228 Å². The average molecular weight is 534 g/mol. The Hall–Kier alpha value is -4.07. The highest BCUT2D eigenvalue weighted by molar-refractivity contribution is 5.70. The molecule has 2 aliphatic rings. The molecule has 1 aliphatic carbocycles. The van der Waals surface area contributed by atoms with Crippen molar-refractivity contribution in [1.82, 2.24) is 4.98 Å². The van der Waals surface area contributed by atoms with Crippen molar-refractivity contribution >= 4 is 12.4 Å². The van der Waals surface area contributed by atoms with Crippen LogP contribution in [0.3, 0.4) is 0 Å². The lowest BCUT2D eigenvalue weighted by molar-refractivity contribution is -0.141. The summed E-state index contributed by atoms with van der Waals surface area (Å²) < 4.78 is 16.7. The van der Waals surface area contributed by atoms with Crippen LogP contribution in [0.5, 0.6) is 17.2 Å². The van der Waals surface area contributed by atoms with Crippen LogP contribution in [0, 0.1) is 5.92 Å². The smallest absolute Gasteiger partial charge is 0.306 e. The molecule has 0 spiro atoms. The minimum absolute atomic E-state index is 0.0684. The first kappa shape index (κ1) is 28.0. The topological polar surface area (TPSA) is 115 Å². The first-order chi connectivity index (χ1) is 18.9. The molecule has 8 nitrogen and oxygen atoms in total. The molecule has 5 rings (SSSR count). The van der Waals surface area contributed by atoms with Crippen LogP contribution in [0.4, 0.5) is 0 Å². The van der Waals surface area contributed by atoms with Gasteiger partial charge in [-0.2, -0.15) is 0 Å². The minimum Gasteiger partial charge on any atom is -0.497 e. The van der Waals surface area contributed by atoms with Crippen molar-refractivity contribution in [2.45, 2.75) is 57.8 Å². The number of aromatic nitrogens is 1. The van der Waals surface area contributed by atoms with Gasteiger partial charge in [0.25, 0.3) is 6.47 Å². The number of carboxylic acid groups (broad SMARTS) is 2. The Morgan fingerprint density at radius 1 is 1.10 bits per heavy atom. The monoisotopic (exact) mass is 533 g/mol. The maximum Gasteiger partial charge on any atom is 0.306 e. The Bertz CT molecular complexity index is 1320. The van der Waals surface area contributed by atoms with Crippen molar-refractivity contribution in [3.8, 4) is 17.2 Å². The second kappa shape index (κ2) is 12.7. The number of unbranched alkanes of at least 4 members (excludes halogenated alkanes) is 1. The van der Waals surface area contributed by atoms with Crippen molar-refractivity contribution < 1.29 is 34.0 Å². The molecule has 0 saturated carbocycles. The highest BCUT2D eigenvalue weighted by Gasteiger charge is 2.36. The molecule has 0 fully saturated rings. The van der Waals surface area contributed by atoms with Crippen LogP contribution in [0.15, 0.2) is 48.5 Å². The van der Waals surface area contributed by atoms with Crippen LogP contribution < -0.4 is 14.2 Å². The fourth-order valence-electron chi connectivity index (χ4n) is 5.44. The van der Waals surface area contributed by atoms with Gasteiger partial charge in [0.2, 0.25) is 6.79 Å². The average Bonchev–Trinajstić information content (AvgIpc) is 3.56. The number of benzene rings is 2. The molecule has 0 bridgehead atoms. The number of hydrogen-bond acceptors (Lipinski definition) is 6. The predicted molar refractivity (Wildman–Crippen MR) is 146 cm³/mol. The standard InChI is InChI=1S/C30H33NO5.CH2O2/c1-4-5-6-21-8-10-24-25(19-7-12-27-28(15-19)36-17-35-27)16-26(29(24)31-21)23-11-9-22(34-3)14-20(23)13-18(2)30(32)33;2-1-3/h7-12,14-15,18,25-26H,4-6,13,16-17H2,1-3H3,(H,32,33);1H,(H,2,3)/t18?,25-,26+;/m0./s1. The predicted octanol–water partition coefficient (Wildman–Crippen LogP) is 5.79. The zero-order chi connectivity index (χ0) is 27.9. The Morgan fingerprint density at radius 3 is 2.56 bits per heavy atom. The molecule has 3 atom stereocenters. The summed E-state index contributed by atoms with van der Waals surface area (Å²) in [5.41, 5.74) is 6.76. The van der Waals surface area contributed by atoms with E-state index in [0.29, 0.717) is 6.42 Å². The molecule has 1 aliphatic heterocycles. The molecule has 8 heteroatoms. The molecule has 206 valence electrons. The zero-order valence-electron chi connectivity index (χ0n) is 22.6. The molecule has 0 amide bonds. The molecule has 0 saturated heterocycles. The van der Waals surface area contributed by atoms with Gasteiger partial charge in [-0.25, -0.2) is 0 Å². The molecular weight excluding hydrogens is 498 g/mol. The molecule has 1 aromatic heterocycles. The van der Waals surface area contributed by atoms with Crippen LogP contribution in [-0.4, -0.2) is 41.5 Å². The molecule has 2 N–H and O–H groups in total. The summed E-state index contributed by atoms with van der Waals surface area (Å²) in [5, 5.41) is 16.5. The Morgan fingerprint density at radius 2 is 1.85 bits per heavy atom. The van der Waals surface area contributed by atoms with Crippen molar-refractivity contribution in [3.63, 3.8) is 0 Å². The highest BCUT2D eigenvalue weighted by atomic mass is 16.7. The van der Waals surface area contributed by atoms with Crippen LogP contribution >= 0.6 is 0 Å². The largest absolute Gasteiger partial charge is 0.497 e. The fraction of sp³-hybridized carbons (Fsp3) is 0.387. The minimum atomic E-state index is -0.797. The summed E-state index contributed by atoms with van der Waals surface area (Å²) in [6.45, 7) is 3.95. The second-order valence-electron chi connectivity index (χ2n) is 9.95. The maximum atomic E-state index is 11.7. The summed E-state index contributed by atoms with van der Waals surface area (Å²) in [7, 11) is 1.64. The van der Waals surface area contributed by atoms with E-state index in [1.165, 1.54) is 11.1 Å². The lowest BCUT2D eigenvalue weighted by Crippen LogP contribution is -2.14. The SMILES string of the molecule is CCCCc1ccc2c(n1)[C@@H](c1ccc(OC)cc1CC(C)C(=O)O)C[C@H]2c1ccc2c(c1)OCO2.O=CO. The van der Waals surface area contributed by atoms with E-state index in [4.69, 9.17) is 29.1 Å². The quantitative estimate of drug-likeness (QED) is 0.332. The van der Waals surface area contributed by atoms with Gasteiger partial charge in [0.05, 0.1) is 18.7 Å². The van der Waals surface area contributed by atoms with Crippen molar-refractivity contribution in [2.75, 3.05) is 13.9 Å². The summed E-state index contributed by atoms with van der Waals surface area (Å²) in [6, 6.07) is 16.7. The maximum absolute atomic E-state index is 11.7. The van der Waals surface area contributed by atoms with Gasteiger partial charge in [0.1, 0.15) is 5.75 Å². The van der Waals surface area contributed by atoms with Crippen LogP contribution in [-0.2, 0) is 22.4 Å². The van der Waals surface area contributed by atoms with E-state index in [0.717, 1.165) is 65.4 Å². The van der Waals surface area contributed by atoms with E-state index >= 15 is 0 Å². The van der Waals surface area contributed by atoms with Gasteiger partial charge >= 0.3 is 5.97 Å². The zero-order valence-corrected chi connectivity index (χ0v) is 22.6. The van der Waals surface area contributed by atoms with E-state index in [-0.39, 0.29) is 25.1 Å². The van der Waals surface area contributed by atoms with Gasteiger partial charge < -0.3 is 24.4 Å². The van der Waals surface area contributed by atoms with Crippen molar-refractivity contribution in [2.24, 2.45) is 5.92 Å². The van der Waals surface area contributed by atoms with Gasteiger partial charge in [0, 0.05) is 17.5 Å². The molecular formula is C31H35NO7. The summed E-state index contributed by atoms with van der Waals surface area (Å²) >= 11 is 0. The third kappa shape index (κ3) is 6.16. The van der Waals surface area contributed by atoms with Gasteiger partial charge in [0.15, 0.2) is 11.5 Å².